The molecule has 0 bridgehead atoms. The summed E-state index contributed by atoms with van der Waals surface area (Å²) >= 11 is 7.69. The lowest BCUT2D eigenvalue weighted by atomic mass is 10.1. The summed E-state index contributed by atoms with van der Waals surface area (Å²) in [6.07, 6.45) is 1.57. The van der Waals surface area contributed by atoms with Crippen molar-refractivity contribution in [1.82, 2.24) is 4.90 Å². The van der Waals surface area contributed by atoms with Crippen LogP contribution in [0, 0.1) is 11.3 Å². The van der Waals surface area contributed by atoms with Crippen molar-refractivity contribution in [2.75, 3.05) is 7.11 Å². The normalized spacial score (nSPS) is 15.6. The molecule has 0 aliphatic carbocycles. The molecule has 0 aromatic heterocycles. The van der Waals surface area contributed by atoms with Crippen LogP contribution in [0.15, 0.2) is 50.2 Å². The van der Waals surface area contributed by atoms with Gasteiger partial charge >= 0.3 is 5.97 Å². The van der Waals surface area contributed by atoms with Crippen molar-refractivity contribution in [2.24, 2.45) is 0 Å². The van der Waals surface area contributed by atoms with Crippen LogP contribution in [0.4, 0.5) is 4.79 Å². The smallest absolute Gasteiger partial charge is 0.328 e. The molecule has 1 saturated heterocycles. The van der Waals surface area contributed by atoms with Gasteiger partial charge in [-0.2, -0.15) is 5.26 Å². The van der Waals surface area contributed by atoms with Gasteiger partial charge in [-0.05, 0) is 80.4 Å². The zero-order valence-corrected chi connectivity index (χ0v) is 20.9. The Labute approximate surface area is 205 Å². The van der Waals surface area contributed by atoms with Gasteiger partial charge in [0, 0.05) is 5.56 Å². The Morgan fingerprint density at radius 3 is 2.53 bits per heavy atom. The third kappa shape index (κ3) is 5.06. The molecule has 0 saturated carbocycles. The molecule has 2 aromatic rings. The fourth-order valence-electron chi connectivity index (χ4n) is 2.95. The van der Waals surface area contributed by atoms with Crippen LogP contribution in [-0.2, 0) is 20.9 Å². The summed E-state index contributed by atoms with van der Waals surface area (Å²) in [4.78, 5) is 37.8. The van der Waals surface area contributed by atoms with Gasteiger partial charge in [0.15, 0.2) is 0 Å². The number of hydrogen-bond donors (Lipinski definition) is 0. The first-order valence-electron chi connectivity index (χ1n) is 9.21. The quantitative estimate of drug-likeness (QED) is 0.340. The van der Waals surface area contributed by atoms with Crippen LogP contribution in [0.1, 0.15) is 23.6 Å². The minimum Gasteiger partial charge on any atom is -0.486 e. The number of nitriles is 1. The number of imide groups is 1. The van der Waals surface area contributed by atoms with Crippen LogP contribution >= 0.6 is 43.6 Å². The van der Waals surface area contributed by atoms with E-state index in [1.165, 1.54) is 14.0 Å². The molecule has 0 radical (unpaired) electrons. The van der Waals surface area contributed by atoms with E-state index in [4.69, 9.17) is 4.74 Å². The number of halogens is 2. The average Bonchev–Trinajstić information content (AvgIpc) is 3.04. The maximum absolute atomic E-state index is 12.7. The third-order valence-corrected chi connectivity index (χ3v) is 6.64. The molecule has 1 atom stereocenters. The molecular weight excluding hydrogens is 564 g/mol. The monoisotopic (exact) mass is 578 g/mol. The number of ether oxygens (including phenoxy) is 2. The SMILES string of the molecule is COC(=O)[C@H](C)N1C(=O)S/C(=C/c2cc(Br)c(OCc3ccccc3C#N)c(Br)c2)C1=O. The van der Waals surface area contributed by atoms with Crippen LogP contribution in [0.25, 0.3) is 6.08 Å². The van der Waals surface area contributed by atoms with Crippen LogP contribution in [0.3, 0.4) is 0 Å². The number of methoxy groups -OCH3 is 1. The second-order valence-corrected chi connectivity index (χ2v) is 9.32. The van der Waals surface area contributed by atoms with E-state index in [9.17, 15) is 19.6 Å². The van der Waals surface area contributed by atoms with Gasteiger partial charge in [0.2, 0.25) is 0 Å². The van der Waals surface area contributed by atoms with Gasteiger partial charge < -0.3 is 9.47 Å². The predicted octanol–water partition coefficient (Wildman–Crippen LogP) is 5.26. The van der Waals surface area contributed by atoms with Crippen molar-refractivity contribution in [3.63, 3.8) is 0 Å². The minimum absolute atomic E-state index is 0.196. The van der Waals surface area contributed by atoms with Crippen LogP contribution in [0.2, 0.25) is 0 Å². The number of hydrogen-bond acceptors (Lipinski definition) is 7. The summed E-state index contributed by atoms with van der Waals surface area (Å²) in [5, 5.41) is 8.69. The van der Waals surface area contributed by atoms with E-state index in [-0.39, 0.29) is 11.5 Å². The number of esters is 1. The predicted molar refractivity (Wildman–Crippen MR) is 127 cm³/mol. The molecular formula is C22H16Br2N2O5S. The van der Waals surface area contributed by atoms with E-state index >= 15 is 0 Å². The Kier molecular flexibility index (Phi) is 7.77. The van der Waals surface area contributed by atoms with Gasteiger partial charge in [-0.1, -0.05) is 18.2 Å². The molecule has 32 heavy (non-hydrogen) atoms. The lowest BCUT2D eigenvalue weighted by Gasteiger charge is -2.18. The van der Waals surface area contributed by atoms with Gasteiger partial charge in [-0.25, -0.2) is 4.79 Å². The van der Waals surface area contributed by atoms with E-state index in [0.717, 1.165) is 22.2 Å². The van der Waals surface area contributed by atoms with E-state index < -0.39 is 23.2 Å². The molecule has 0 spiro atoms. The maximum Gasteiger partial charge on any atom is 0.328 e. The standard InChI is InChI=1S/C22H16Br2N2O5S/c1-12(21(28)30-2)26-20(27)18(32-22(26)29)9-13-7-16(23)19(17(24)8-13)31-11-15-6-4-3-5-14(15)10-25/h3-9,12H,11H2,1-2H3/b18-9+/t12-/m0/s1. The van der Waals surface area contributed by atoms with Gasteiger partial charge in [0.05, 0.1) is 32.6 Å². The summed E-state index contributed by atoms with van der Waals surface area (Å²) in [6, 6.07) is 11.8. The Hall–Kier alpha value is -2.61. The van der Waals surface area contributed by atoms with Gasteiger partial charge in [-0.3, -0.25) is 14.5 Å². The average molecular weight is 580 g/mol. The molecule has 2 aromatic carbocycles. The molecule has 164 valence electrons. The Morgan fingerprint density at radius 1 is 1.25 bits per heavy atom. The summed E-state index contributed by atoms with van der Waals surface area (Å²) in [7, 11) is 1.20. The first-order valence-corrected chi connectivity index (χ1v) is 11.6. The third-order valence-electron chi connectivity index (χ3n) is 4.58. The zero-order chi connectivity index (χ0) is 23.4. The van der Waals surface area contributed by atoms with Gasteiger partial charge in [0.1, 0.15) is 18.4 Å². The molecule has 0 unspecified atom stereocenters. The minimum atomic E-state index is -1.01. The summed E-state index contributed by atoms with van der Waals surface area (Å²) in [6.45, 7) is 1.64. The number of carbonyl (C=O) groups is 3. The number of thioether (sulfide) groups is 1. The number of rotatable bonds is 6. The molecule has 1 heterocycles. The molecule has 1 aliphatic rings. The van der Waals surface area contributed by atoms with E-state index in [1.54, 1.807) is 30.3 Å². The van der Waals surface area contributed by atoms with Crippen LogP contribution < -0.4 is 4.74 Å². The van der Waals surface area contributed by atoms with E-state index in [1.807, 2.05) is 12.1 Å². The molecule has 2 amide bonds. The number of carbonyl (C=O) groups excluding carboxylic acids is 3. The highest BCUT2D eigenvalue weighted by Gasteiger charge is 2.41. The maximum atomic E-state index is 12.7. The summed E-state index contributed by atoms with van der Waals surface area (Å²) < 4.78 is 11.8. The number of nitrogens with zero attached hydrogens (tertiary/aromatic N) is 2. The highest BCUT2D eigenvalue weighted by molar-refractivity contribution is 9.11. The molecule has 1 aliphatic heterocycles. The van der Waals surface area contributed by atoms with Crippen LogP contribution in [0.5, 0.6) is 5.75 Å². The van der Waals surface area contributed by atoms with E-state index in [0.29, 0.717) is 25.8 Å². The highest BCUT2D eigenvalue weighted by atomic mass is 79.9. The Bertz CT molecular complexity index is 1150. The second kappa shape index (κ2) is 10.3. The summed E-state index contributed by atoms with van der Waals surface area (Å²) in [5.74, 6) is -0.695. The molecule has 10 heteroatoms. The van der Waals surface area contributed by atoms with Crippen molar-refractivity contribution in [3.8, 4) is 11.8 Å². The molecule has 1 fully saturated rings. The largest absolute Gasteiger partial charge is 0.486 e. The van der Waals surface area contributed by atoms with Crippen molar-refractivity contribution < 1.29 is 23.9 Å². The second-order valence-electron chi connectivity index (χ2n) is 6.62. The molecule has 3 rings (SSSR count). The van der Waals surface area contributed by atoms with E-state index in [2.05, 4.69) is 42.7 Å². The van der Waals surface area contributed by atoms with Crippen molar-refractivity contribution in [3.05, 3.63) is 66.9 Å². The first-order chi connectivity index (χ1) is 15.3. The van der Waals surface area contributed by atoms with Crippen molar-refractivity contribution in [1.29, 1.82) is 5.26 Å². The lowest BCUT2D eigenvalue weighted by Crippen LogP contribution is -2.42. The van der Waals surface area contributed by atoms with Crippen molar-refractivity contribution in [2.45, 2.75) is 19.6 Å². The van der Waals surface area contributed by atoms with Crippen LogP contribution in [-0.4, -0.2) is 35.2 Å². The fourth-order valence-corrected chi connectivity index (χ4v) is 5.31. The Morgan fingerprint density at radius 2 is 1.91 bits per heavy atom. The van der Waals surface area contributed by atoms with Crippen molar-refractivity contribution >= 4 is 66.8 Å². The lowest BCUT2D eigenvalue weighted by molar-refractivity contribution is -0.148. The zero-order valence-electron chi connectivity index (χ0n) is 16.9. The Balaban J connectivity index is 1.81. The number of amides is 2. The topological polar surface area (TPSA) is 96.7 Å². The fraction of sp³-hybridized carbons (Fsp3) is 0.182. The number of benzene rings is 2. The van der Waals surface area contributed by atoms with Gasteiger partial charge in [-0.15, -0.1) is 0 Å². The van der Waals surface area contributed by atoms with Gasteiger partial charge in [0.25, 0.3) is 11.1 Å². The highest BCUT2D eigenvalue weighted by Crippen LogP contribution is 2.38. The molecule has 0 N–H and O–H groups in total. The first kappa shape index (κ1) is 24.0. The summed E-state index contributed by atoms with van der Waals surface area (Å²) in [5.41, 5.74) is 1.93. The molecule has 7 nitrogen and oxygen atoms in total.